The molecule has 5 rings (SSSR count). The Balaban J connectivity index is 1.71. The number of nitrogens with zero attached hydrogens (tertiary/aromatic N) is 1. The Hall–Kier alpha value is -2.22. The van der Waals surface area contributed by atoms with E-state index in [2.05, 4.69) is 52.9 Å². The van der Waals surface area contributed by atoms with Crippen LogP contribution in [0.25, 0.3) is 0 Å². The Kier molecular flexibility index (Phi) is 5.93. The van der Waals surface area contributed by atoms with E-state index in [0.29, 0.717) is 6.54 Å². The number of nitriles is 1. The Morgan fingerprint density at radius 1 is 0.974 bits per heavy atom. The number of nitrogens with one attached hydrogen (secondary N) is 1. The first kappa shape index (κ1) is 28.3. The molecule has 0 radical (unpaired) electrons. The van der Waals surface area contributed by atoms with E-state index in [-0.39, 0.29) is 62.0 Å². The second-order valence-corrected chi connectivity index (χ2v) is 16.2. The van der Waals surface area contributed by atoms with Gasteiger partial charge in [-0.15, -0.1) is 0 Å². The lowest BCUT2D eigenvalue weighted by molar-refractivity contribution is -0.205. The van der Waals surface area contributed by atoms with Crippen molar-refractivity contribution < 1.29 is 14.4 Å². The van der Waals surface area contributed by atoms with Crippen molar-refractivity contribution in [2.45, 2.75) is 107 Å². The quantitative estimate of drug-likeness (QED) is 0.427. The van der Waals surface area contributed by atoms with Crippen molar-refractivity contribution in [3.05, 3.63) is 23.3 Å². The van der Waals surface area contributed by atoms with Gasteiger partial charge in [0, 0.05) is 30.2 Å². The fourth-order valence-corrected chi connectivity index (χ4v) is 11.2. The van der Waals surface area contributed by atoms with Gasteiger partial charge in [0.05, 0.1) is 5.57 Å². The fraction of sp³-hybridized carbons (Fsp3) is 0.765. The van der Waals surface area contributed by atoms with Gasteiger partial charge in [0.25, 0.3) is 0 Å². The highest BCUT2D eigenvalue weighted by Gasteiger charge is 2.72. The molecule has 0 heterocycles. The van der Waals surface area contributed by atoms with Gasteiger partial charge < -0.3 is 5.32 Å². The van der Waals surface area contributed by atoms with Gasteiger partial charge >= 0.3 is 0 Å². The summed E-state index contributed by atoms with van der Waals surface area (Å²) in [5.41, 5.74) is -0.513. The van der Waals surface area contributed by atoms with Crippen LogP contribution in [0.4, 0.5) is 0 Å². The first-order valence-corrected chi connectivity index (χ1v) is 15.0. The molecule has 1 N–H and O–H groups in total. The maximum absolute atomic E-state index is 14.7. The lowest BCUT2D eigenvalue weighted by atomic mass is 9.31. The number of Topliss-reactive ketones (excluding diaryl/α,β-unsaturated/α-hetero) is 1. The lowest BCUT2D eigenvalue weighted by Crippen LogP contribution is -2.69. The number of carbonyl (C=O) groups is 3. The molecule has 5 heteroatoms. The van der Waals surface area contributed by atoms with E-state index in [1.54, 1.807) is 6.92 Å². The molecule has 1 amide bonds. The number of allylic oxidation sites excluding steroid dienone is 4. The number of carbonyl (C=O) groups excluding carboxylic acids is 3. The maximum Gasteiger partial charge on any atom is 0.216 e. The molecule has 0 aromatic rings. The van der Waals surface area contributed by atoms with E-state index in [0.717, 1.165) is 50.5 Å². The zero-order valence-electron chi connectivity index (χ0n) is 25.6. The summed E-state index contributed by atoms with van der Waals surface area (Å²) in [6.07, 6.45) is 10.7. The van der Waals surface area contributed by atoms with Crippen molar-refractivity contribution >= 4 is 17.5 Å². The van der Waals surface area contributed by atoms with Gasteiger partial charge in [-0.1, -0.05) is 67.0 Å². The monoisotopic (exact) mass is 532 g/mol. The number of amides is 1. The van der Waals surface area contributed by atoms with Gasteiger partial charge in [-0.3, -0.25) is 14.4 Å². The molecule has 0 aromatic carbocycles. The van der Waals surface area contributed by atoms with Crippen LogP contribution in [0.1, 0.15) is 107 Å². The van der Waals surface area contributed by atoms with Crippen molar-refractivity contribution in [3.8, 4) is 6.07 Å². The van der Waals surface area contributed by atoms with Crippen molar-refractivity contribution in [2.24, 2.45) is 49.7 Å². The number of ketones is 2. The zero-order valence-corrected chi connectivity index (χ0v) is 25.6. The molecule has 5 nitrogen and oxygen atoms in total. The van der Waals surface area contributed by atoms with Gasteiger partial charge in [-0.2, -0.15) is 5.26 Å². The highest BCUT2D eigenvalue weighted by atomic mass is 16.1. The third kappa shape index (κ3) is 3.45. The van der Waals surface area contributed by atoms with Crippen LogP contribution in [0, 0.1) is 61.1 Å². The summed E-state index contributed by atoms with van der Waals surface area (Å²) in [7, 11) is 0. The second kappa shape index (κ2) is 8.17. The van der Waals surface area contributed by atoms with Gasteiger partial charge in [0.15, 0.2) is 11.6 Å². The second-order valence-electron chi connectivity index (χ2n) is 16.2. The number of hydrogen-bond donors (Lipinski definition) is 1. The van der Waals surface area contributed by atoms with Crippen LogP contribution in [0.15, 0.2) is 23.3 Å². The summed E-state index contributed by atoms with van der Waals surface area (Å²) in [4.78, 5) is 40.0. The molecule has 212 valence electrons. The van der Waals surface area contributed by atoms with Crippen molar-refractivity contribution in [1.82, 2.24) is 5.32 Å². The molecule has 0 aromatic heterocycles. The Morgan fingerprint density at radius 2 is 1.62 bits per heavy atom. The fourth-order valence-electron chi connectivity index (χ4n) is 11.2. The molecule has 1 unspecified atom stereocenters. The van der Waals surface area contributed by atoms with E-state index in [9.17, 15) is 19.6 Å². The van der Waals surface area contributed by atoms with E-state index in [1.165, 1.54) is 0 Å². The molecule has 3 fully saturated rings. The molecule has 5 aliphatic rings. The van der Waals surface area contributed by atoms with E-state index < -0.39 is 10.8 Å². The van der Waals surface area contributed by atoms with Gasteiger partial charge in [-0.25, -0.2) is 0 Å². The van der Waals surface area contributed by atoms with E-state index in [4.69, 9.17) is 0 Å². The zero-order chi connectivity index (χ0) is 29.0. The summed E-state index contributed by atoms with van der Waals surface area (Å²) in [6, 6.07) is 2.20. The maximum atomic E-state index is 14.7. The number of rotatable bonds is 2. The average molecular weight is 533 g/mol. The molecule has 5 aliphatic carbocycles. The van der Waals surface area contributed by atoms with Crippen LogP contribution in [0.5, 0.6) is 0 Å². The Labute approximate surface area is 235 Å². The highest BCUT2D eigenvalue weighted by Crippen LogP contribution is 2.77. The molecule has 0 aliphatic heterocycles. The van der Waals surface area contributed by atoms with Crippen LogP contribution in [0.2, 0.25) is 0 Å². The summed E-state index contributed by atoms with van der Waals surface area (Å²) in [6.45, 7) is 20.2. The minimum atomic E-state index is -0.656. The smallest absolute Gasteiger partial charge is 0.216 e. The minimum Gasteiger partial charge on any atom is -0.356 e. The Bertz CT molecular complexity index is 1270. The predicted molar refractivity (Wildman–Crippen MR) is 152 cm³/mol. The third-order valence-electron chi connectivity index (χ3n) is 13.3. The standard InChI is InChI=1S/C34H48N2O3/c1-21(37)36-20-34-14-12-28(2,3)19-33(34,9)26-23(38)16-25-30(6)17-22(18-35)27(39)29(4,5)24(30)10-11-31(25,7)32(26,8)13-15-34/h16-17,24,26H,10-15,19-20H2,1-9H3,(H,36,37)/t24?,26-,30-,31+,32+,33-,34+/m0/s1. The predicted octanol–water partition coefficient (Wildman–Crippen LogP) is 6.73. The first-order valence-electron chi connectivity index (χ1n) is 15.0. The molecule has 7 atom stereocenters. The van der Waals surface area contributed by atoms with Crippen LogP contribution < -0.4 is 5.32 Å². The van der Waals surface area contributed by atoms with Crippen molar-refractivity contribution in [3.63, 3.8) is 0 Å². The van der Waals surface area contributed by atoms with Crippen LogP contribution in [-0.4, -0.2) is 24.0 Å². The summed E-state index contributed by atoms with van der Waals surface area (Å²) in [5, 5.41) is 13.1. The van der Waals surface area contributed by atoms with Crippen LogP contribution in [0.3, 0.4) is 0 Å². The molecule has 3 saturated carbocycles. The van der Waals surface area contributed by atoms with Crippen molar-refractivity contribution in [1.29, 1.82) is 5.26 Å². The average Bonchev–Trinajstić information content (AvgIpc) is 2.81. The minimum absolute atomic E-state index is 0.00481. The van der Waals surface area contributed by atoms with Gasteiger partial charge in [0.1, 0.15) is 6.07 Å². The largest absolute Gasteiger partial charge is 0.356 e. The van der Waals surface area contributed by atoms with E-state index >= 15 is 0 Å². The lowest BCUT2D eigenvalue weighted by Gasteiger charge is -2.72. The molecular weight excluding hydrogens is 484 g/mol. The molecule has 39 heavy (non-hydrogen) atoms. The molecular formula is C34H48N2O3. The topological polar surface area (TPSA) is 87.0 Å². The number of fused-ring (bicyclic) bond motifs is 7. The molecule has 0 spiro atoms. The van der Waals surface area contributed by atoms with Gasteiger partial charge in [-0.05, 0) is 84.0 Å². The Morgan fingerprint density at radius 3 is 2.23 bits per heavy atom. The summed E-state index contributed by atoms with van der Waals surface area (Å²) >= 11 is 0. The summed E-state index contributed by atoms with van der Waals surface area (Å²) < 4.78 is 0. The van der Waals surface area contributed by atoms with Crippen LogP contribution in [-0.2, 0) is 14.4 Å². The van der Waals surface area contributed by atoms with E-state index in [1.807, 2.05) is 26.0 Å². The first-order chi connectivity index (χ1) is 17.8. The summed E-state index contributed by atoms with van der Waals surface area (Å²) in [5.74, 6) is 0.0443. The van der Waals surface area contributed by atoms with Gasteiger partial charge in [0.2, 0.25) is 5.91 Å². The number of hydrogen-bond acceptors (Lipinski definition) is 4. The van der Waals surface area contributed by atoms with Crippen LogP contribution >= 0.6 is 0 Å². The highest BCUT2D eigenvalue weighted by molar-refractivity contribution is 6.04. The molecule has 0 bridgehead atoms. The SMILES string of the molecule is CC(=O)NC[C@]12CCC(C)(C)C[C@@]1(C)[C@H]1C(=O)C=C3[C@@]4(C)C=C(C#N)C(=O)C(C)(C)C4CC[C@@]3(C)[C@]1(C)CC2. The third-order valence-corrected chi connectivity index (χ3v) is 13.3. The normalized spacial score (nSPS) is 45.8. The van der Waals surface area contributed by atoms with Crippen molar-refractivity contribution in [2.75, 3.05) is 6.54 Å². The molecule has 0 saturated heterocycles.